The fourth-order valence-electron chi connectivity index (χ4n) is 3.78. The maximum absolute atomic E-state index is 12.7. The van der Waals surface area contributed by atoms with Gasteiger partial charge in [-0.1, -0.05) is 25.3 Å². The average Bonchev–Trinajstić information content (AvgIpc) is 2.80. The zero-order chi connectivity index (χ0) is 22.5. The minimum absolute atomic E-state index is 0.210. The van der Waals surface area contributed by atoms with Crippen molar-refractivity contribution in [3.8, 4) is 5.75 Å². The number of nitrogens with zero attached hydrogens (tertiary/aromatic N) is 2. The van der Waals surface area contributed by atoms with Crippen molar-refractivity contribution in [2.45, 2.75) is 18.9 Å². The Bertz CT molecular complexity index is 1190. The normalized spacial score (nSPS) is 14.5. The fourth-order valence-corrected chi connectivity index (χ4v) is 3.78. The Morgan fingerprint density at radius 1 is 1.12 bits per heavy atom. The summed E-state index contributed by atoms with van der Waals surface area (Å²) in [4.78, 5) is 19.4. The number of amides is 1. The molecule has 1 aromatic heterocycles. The molecule has 0 bridgehead atoms. The molecule has 2 heterocycles. The Morgan fingerprint density at radius 2 is 1.84 bits per heavy atom. The summed E-state index contributed by atoms with van der Waals surface area (Å²) in [5, 5.41) is 4.83. The van der Waals surface area contributed by atoms with Crippen LogP contribution in [0, 0.1) is 0 Å². The predicted molar refractivity (Wildman–Crippen MR) is 130 cm³/mol. The van der Waals surface area contributed by atoms with Gasteiger partial charge in [0.25, 0.3) is 5.91 Å². The standard InChI is InChI=1S/C27H27N3O2/c1-4-5-19(2)21-6-7-22-18-28-26(17-23(22)16-21)29-27(31)20-8-10-24(11-9-20)32-25-12-14-30(3)15-13-25/h5-11,16-18,25H,1-2,12-15H2,3H3,(H,28,29,31). The highest BCUT2D eigenvalue weighted by molar-refractivity contribution is 6.04. The number of nitrogens with one attached hydrogen (secondary N) is 1. The van der Waals surface area contributed by atoms with Crippen molar-refractivity contribution in [1.82, 2.24) is 9.88 Å². The minimum Gasteiger partial charge on any atom is -0.490 e. The van der Waals surface area contributed by atoms with Gasteiger partial charge in [0.05, 0.1) is 0 Å². The Hall–Kier alpha value is -3.66. The van der Waals surface area contributed by atoms with Crippen LogP contribution in [0.3, 0.4) is 0 Å². The van der Waals surface area contributed by atoms with E-state index in [9.17, 15) is 4.79 Å². The Labute approximate surface area is 188 Å². The van der Waals surface area contributed by atoms with E-state index in [1.54, 1.807) is 24.4 Å². The number of carbonyl (C=O) groups excluding carboxylic acids is 1. The van der Waals surface area contributed by atoms with Crippen molar-refractivity contribution in [3.05, 3.63) is 90.8 Å². The lowest BCUT2D eigenvalue weighted by Gasteiger charge is -2.29. The van der Waals surface area contributed by atoms with Gasteiger partial charge >= 0.3 is 0 Å². The molecule has 3 aromatic rings. The first-order valence-corrected chi connectivity index (χ1v) is 10.7. The molecule has 2 aromatic carbocycles. The number of aromatic nitrogens is 1. The molecule has 32 heavy (non-hydrogen) atoms. The molecule has 0 aliphatic carbocycles. The maximum atomic E-state index is 12.7. The van der Waals surface area contributed by atoms with E-state index in [2.05, 4.69) is 41.1 Å². The Morgan fingerprint density at radius 3 is 2.56 bits per heavy atom. The molecule has 0 spiro atoms. The van der Waals surface area contributed by atoms with Crippen LogP contribution in [0.4, 0.5) is 5.82 Å². The molecule has 1 aliphatic heterocycles. The molecule has 0 unspecified atom stereocenters. The van der Waals surface area contributed by atoms with Gasteiger partial charge in [0.15, 0.2) is 0 Å². The summed E-state index contributed by atoms with van der Waals surface area (Å²) in [6.45, 7) is 9.71. The second-order valence-corrected chi connectivity index (χ2v) is 8.10. The largest absolute Gasteiger partial charge is 0.490 e. The number of ether oxygens (including phenoxy) is 1. The molecule has 1 N–H and O–H groups in total. The third-order valence-electron chi connectivity index (χ3n) is 5.70. The predicted octanol–water partition coefficient (Wildman–Crippen LogP) is 5.31. The van der Waals surface area contributed by atoms with Crippen LogP contribution in [0.1, 0.15) is 28.8 Å². The van der Waals surface area contributed by atoms with Crippen LogP contribution >= 0.6 is 0 Å². The number of fused-ring (bicyclic) bond motifs is 1. The van der Waals surface area contributed by atoms with Crippen LogP contribution in [-0.4, -0.2) is 42.0 Å². The molecule has 5 nitrogen and oxygen atoms in total. The van der Waals surface area contributed by atoms with E-state index in [0.717, 1.165) is 53.6 Å². The number of likely N-dealkylation sites (tertiary alicyclic amines) is 1. The van der Waals surface area contributed by atoms with Gasteiger partial charge in [-0.2, -0.15) is 0 Å². The van der Waals surface area contributed by atoms with Crippen LogP contribution in [0.5, 0.6) is 5.75 Å². The molecule has 4 rings (SSSR count). The number of hydrogen-bond donors (Lipinski definition) is 1. The van der Waals surface area contributed by atoms with Gasteiger partial charge in [0.2, 0.25) is 0 Å². The summed E-state index contributed by atoms with van der Waals surface area (Å²) in [5.74, 6) is 1.08. The topological polar surface area (TPSA) is 54.5 Å². The van der Waals surface area contributed by atoms with Crippen molar-refractivity contribution in [3.63, 3.8) is 0 Å². The van der Waals surface area contributed by atoms with Gasteiger partial charge in [-0.15, -0.1) is 5.73 Å². The summed E-state index contributed by atoms with van der Waals surface area (Å²) in [6.07, 6.45) is 5.76. The number of carbonyl (C=O) groups is 1. The lowest BCUT2D eigenvalue weighted by molar-refractivity contribution is 0.102. The van der Waals surface area contributed by atoms with Crippen LogP contribution in [0.2, 0.25) is 0 Å². The number of anilines is 1. The lowest BCUT2D eigenvalue weighted by atomic mass is 10.0. The van der Waals surface area contributed by atoms with E-state index in [0.29, 0.717) is 11.4 Å². The molecular weight excluding hydrogens is 398 g/mol. The van der Waals surface area contributed by atoms with Gasteiger partial charge in [-0.3, -0.25) is 4.79 Å². The van der Waals surface area contributed by atoms with Crippen LogP contribution in [0.25, 0.3) is 16.3 Å². The van der Waals surface area contributed by atoms with Crippen LogP contribution < -0.4 is 10.1 Å². The Kier molecular flexibility index (Phi) is 6.50. The van der Waals surface area contributed by atoms with Crippen molar-refractivity contribution in [2.75, 3.05) is 25.5 Å². The SMILES string of the molecule is C=C=CC(=C)c1ccc2cnc(NC(=O)c3ccc(OC4CCN(C)CC4)cc3)cc2c1. The maximum Gasteiger partial charge on any atom is 0.256 e. The molecule has 0 radical (unpaired) electrons. The first-order valence-electron chi connectivity index (χ1n) is 10.7. The highest BCUT2D eigenvalue weighted by Crippen LogP contribution is 2.23. The number of allylic oxidation sites excluding steroid dienone is 2. The van der Waals surface area contributed by atoms with Crippen molar-refractivity contribution < 1.29 is 9.53 Å². The van der Waals surface area contributed by atoms with Crippen molar-refractivity contribution >= 4 is 28.1 Å². The molecule has 0 atom stereocenters. The molecular formula is C27H27N3O2. The molecule has 0 saturated carbocycles. The smallest absolute Gasteiger partial charge is 0.256 e. The lowest BCUT2D eigenvalue weighted by Crippen LogP contribution is -2.35. The zero-order valence-corrected chi connectivity index (χ0v) is 18.3. The first kappa shape index (κ1) is 21.6. The van der Waals surface area contributed by atoms with Gasteiger partial charge in [0.1, 0.15) is 17.7 Å². The highest BCUT2D eigenvalue weighted by Gasteiger charge is 2.18. The molecule has 1 amide bonds. The summed E-state index contributed by atoms with van der Waals surface area (Å²) in [7, 11) is 2.13. The minimum atomic E-state index is -0.210. The zero-order valence-electron chi connectivity index (χ0n) is 18.3. The van der Waals surface area contributed by atoms with Gasteiger partial charge < -0.3 is 15.0 Å². The van der Waals surface area contributed by atoms with E-state index < -0.39 is 0 Å². The summed E-state index contributed by atoms with van der Waals surface area (Å²) in [6, 6.07) is 15.1. The van der Waals surface area contributed by atoms with Gasteiger partial charge in [-0.25, -0.2) is 4.98 Å². The molecule has 162 valence electrons. The summed E-state index contributed by atoms with van der Waals surface area (Å²) in [5.41, 5.74) is 5.10. The van der Waals surface area contributed by atoms with E-state index in [-0.39, 0.29) is 12.0 Å². The quantitative estimate of drug-likeness (QED) is 0.429. The molecule has 1 saturated heterocycles. The number of hydrogen-bond acceptors (Lipinski definition) is 4. The van der Waals surface area contributed by atoms with Crippen LogP contribution in [0.15, 0.2) is 79.7 Å². The van der Waals surface area contributed by atoms with E-state index in [1.807, 2.05) is 36.4 Å². The van der Waals surface area contributed by atoms with Crippen molar-refractivity contribution in [1.29, 1.82) is 0 Å². The van der Waals surface area contributed by atoms with E-state index >= 15 is 0 Å². The number of benzene rings is 2. The number of piperidine rings is 1. The second-order valence-electron chi connectivity index (χ2n) is 8.10. The molecule has 5 heteroatoms. The monoisotopic (exact) mass is 425 g/mol. The fraction of sp³-hybridized carbons (Fsp3) is 0.222. The summed E-state index contributed by atoms with van der Waals surface area (Å²) < 4.78 is 6.06. The van der Waals surface area contributed by atoms with E-state index in [4.69, 9.17) is 4.74 Å². The van der Waals surface area contributed by atoms with Gasteiger partial charge in [-0.05, 0) is 78.9 Å². The first-order chi connectivity index (χ1) is 15.5. The molecule has 1 fully saturated rings. The third-order valence-corrected chi connectivity index (χ3v) is 5.70. The van der Waals surface area contributed by atoms with E-state index in [1.165, 1.54) is 0 Å². The van der Waals surface area contributed by atoms with Crippen LogP contribution in [-0.2, 0) is 0 Å². The summed E-state index contributed by atoms with van der Waals surface area (Å²) >= 11 is 0. The highest BCUT2D eigenvalue weighted by atomic mass is 16.5. The Balaban J connectivity index is 1.43. The number of rotatable bonds is 6. The molecule has 1 aliphatic rings. The third kappa shape index (κ3) is 5.14. The van der Waals surface area contributed by atoms with Crippen molar-refractivity contribution in [2.24, 2.45) is 0 Å². The average molecular weight is 426 g/mol. The number of pyridine rings is 1. The van der Waals surface area contributed by atoms with Gasteiger partial charge in [0, 0.05) is 30.2 Å². The second kappa shape index (κ2) is 9.65.